The number of hydrogen-bond acceptors (Lipinski definition) is 4. The van der Waals surface area contributed by atoms with Crippen LogP contribution in [0.1, 0.15) is 10.4 Å². The van der Waals surface area contributed by atoms with Gasteiger partial charge in [0.05, 0.1) is 19.3 Å². The van der Waals surface area contributed by atoms with Gasteiger partial charge in [0.15, 0.2) is 0 Å². The van der Waals surface area contributed by atoms with Crippen molar-refractivity contribution in [1.29, 1.82) is 0 Å². The van der Waals surface area contributed by atoms with Crippen molar-refractivity contribution >= 4 is 17.7 Å². The summed E-state index contributed by atoms with van der Waals surface area (Å²) in [4.78, 5) is 11.6. The van der Waals surface area contributed by atoms with Gasteiger partial charge in [0.1, 0.15) is 0 Å². The van der Waals surface area contributed by atoms with Gasteiger partial charge in [0.2, 0.25) is 0 Å². The van der Waals surface area contributed by atoms with E-state index in [4.69, 9.17) is 10.2 Å². The van der Waals surface area contributed by atoms with Crippen LogP contribution in [0.25, 0.3) is 0 Å². The third-order valence-corrected chi connectivity index (χ3v) is 2.87. The van der Waals surface area contributed by atoms with Gasteiger partial charge in [-0.15, -0.1) is 0 Å². The highest BCUT2D eigenvalue weighted by Gasteiger charge is 2.29. The first-order valence-corrected chi connectivity index (χ1v) is 6.05. The Labute approximate surface area is 111 Å². The minimum Gasteiger partial charge on any atom is -0.394 e. The minimum absolute atomic E-state index is 0.0232. The van der Waals surface area contributed by atoms with E-state index in [1.807, 2.05) is 0 Å². The maximum atomic E-state index is 12.1. The predicted molar refractivity (Wildman–Crippen MR) is 63.8 cm³/mol. The maximum absolute atomic E-state index is 12.1. The number of rotatable bonds is 5. The van der Waals surface area contributed by atoms with Crippen molar-refractivity contribution in [3.63, 3.8) is 0 Å². The Morgan fingerprint density at radius 2 is 1.74 bits per heavy atom. The van der Waals surface area contributed by atoms with Gasteiger partial charge in [-0.25, -0.2) is 0 Å². The van der Waals surface area contributed by atoms with Crippen LogP contribution in [0, 0.1) is 0 Å². The maximum Gasteiger partial charge on any atom is 0.446 e. The number of thioether (sulfide) groups is 1. The summed E-state index contributed by atoms with van der Waals surface area (Å²) in [5.74, 6) is -0.573. The number of aliphatic hydroxyl groups is 2. The molecule has 0 spiro atoms. The van der Waals surface area contributed by atoms with Crippen molar-refractivity contribution < 1.29 is 28.2 Å². The average Bonchev–Trinajstić information content (AvgIpc) is 2.34. The van der Waals surface area contributed by atoms with Crippen LogP contribution in [0.5, 0.6) is 0 Å². The number of alkyl halides is 3. The number of nitrogens with one attached hydrogen (secondary N) is 1. The van der Waals surface area contributed by atoms with Crippen molar-refractivity contribution in [2.45, 2.75) is 16.4 Å². The van der Waals surface area contributed by atoms with Crippen molar-refractivity contribution in [2.24, 2.45) is 0 Å². The van der Waals surface area contributed by atoms with Crippen molar-refractivity contribution in [3.05, 3.63) is 29.8 Å². The van der Waals surface area contributed by atoms with E-state index in [2.05, 4.69) is 5.32 Å². The van der Waals surface area contributed by atoms with Crippen LogP contribution in [0.3, 0.4) is 0 Å². The second kappa shape index (κ2) is 6.78. The van der Waals surface area contributed by atoms with Gasteiger partial charge in [-0.2, -0.15) is 13.2 Å². The zero-order valence-corrected chi connectivity index (χ0v) is 10.5. The molecule has 0 aromatic heterocycles. The molecule has 0 aliphatic carbocycles. The highest BCUT2D eigenvalue weighted by atomic mass is 32.2. The Morgan fingerprint density at radius 1 is 1.21 bits per heavy atom. The van der Waals surface area contributed by atoms with Crippen LogP contribution >= 0.6 is 11.8 Å². The summed E-state index contributed by atoms with van der Waals surface area (Å²) in [6.07, 6.45) is 0. The van der Waals surface area contributed by atoms with E-state index >= 15 is 0 Å². The van der Waals surface area contributed by atoms with Crippen molar-refractivity contribution in [1.82, 2.24) is 5.32 Å². The van der Waals surface area contributed by atoms with Gasteiger partial charge in [0, 0.05) is 10.5 Å². The standard InChI is InChI=1S/C11H12F3NO3S/c12-11(13,14)19-9-3-1-7(2-4-9)10(18)15-8(5-16)6-17/h1-4,8,16-17H,5-6H2,(H,15,18). The number of carbonyl (C=O) groups is 1. The molecule has 0 aliphatic heterocycles. The smallest absolute Gasteiger partial charge is 0.394 e. The summed E-state index contributed by atoms with van der Waals surface area (Å²) in [7, 11) is 0. The number of carbonyl (C=O) groups excluding carboxylic acids is 1. The fourth-order valence-electron chi connectivity index (χ4n) is 1.23. The SMILES string of the molecule is O=C(NC(CO)CO)c1ccc(SC(F)(F)F)cc1. The van der Waals surface area contributed by atoms with Crippen molar-refractivity contribution in [3.8, 4) is 0 Å². The summed E-state index contributed by atoms with van der Waals surface area (Å²) in [6.45, 7) is -0.853. The molecule has 3 N–H and O–H groups in total. The highest BCUT2D eigenvalue weighted by molar-refractivity contribution is 8.00. The molecular formula is C11H12F3NO3S. The van der Waals surface area contributed by atoms with Crippen LogP contribution < -0.4 is 5.32 Å². The molecular weight excluding hydrogens is 283 g/mol. The van der Waals surface area contributed by atoms with Crippen LogP contribution in [-0.2, 0) is 0 Å². The van der Waals surface area contributed by atoms with Crippen LogP contribution in [0.15, 0.2) is 29.2 Å². The van der Waals surface area contributed by atoms with Gasteiger partial charge >= 0.3 is 5.51 Å². The number of hydrogen-bond donors (Lipinski definition) is 3. The van der Waals surface area contributed by atoms with Gasteiger partial charge in [-0.3, -0.25) is 4.79 Å². The number of halogens is 3. The first-order chi connectivity index (χ1) is 8.85. The van der Waals surface area contributed by atoms with E-state index < -0.39 is 30.7 Å². The monoisotopic (exact) mass is 295 g/mol. The molecule has 19 heavy (non-hydrogen) atoms. The molecule has 0 heterocycles. The Bertz CT molecular complexity index is 418. The van der Waals surface area contributed by atoms with E-state index in [9.17, 15) is 18.0 Å². The summed E-state index contributed by atoms with van der Waals surface area (Å²) in [5.41, 5.74) is -4.22. The number of aliphatic hydroxyl groups excluding tert-OH is 2. The first-order valence-electron chi connectivity index (χ1n) is 5.24. The van der Waals surface area contributed by atoms with E-state index in [1.54, 1.807) is 0 Å². The lowest BCUT2D eigenvalue weighted by Gasteiger charge is -2.13. The molecule has 0 saturated carbocycles. The summed E-state index contributed by atoms with van der Waals surface area (Å²) in [5, 5.41) is 19.9. The third kappa shape index (κ3) is 5.50. The predicted octanol–water partition coefficient (Wildman–Crippen LogP) is 1.38. The Morgan fingerprint density at radius 3 is 2.16 bits per heavy atom. The largest absolute Gasteiger partial charge is 0.446 e. The molecule has 106 valence electrons. The molecule has 0 atom stereocenters. The quantitative estimate of drug-likeness (QED) is 0.718. The van der Waals surface area contributed by atoms with Crippen LogP contribution in [0.2, 0.25) is 0 Å². The molecule has 0 bridgehead atoms. The molecule has 0 fully saturated rings. The molecule has 0 aliphatic rings. The molecule has 1 rings (SSSR count). The van der Waals surface area contributed by atoms with E-state index in [-0.39, 0.29) is 22.2 Å². The normalized spacial score (nSPS) is 11.7. The first kappa shape index (κ1) is 15.8. The van der Waals surface area contributed by atoms with Crippen molar-refractivity contribution in [2.75, 3.05) is 13.2 Å². The van der Waals surface area contributed by atoms with Gasteiger partial charge in [-0.05, 0) is 36.0 Å². The minimum atomic E-state index is -4.37. The topological polar surface area (TPSA) is 69.6 Å². The zero-order valence-electron chi connectivity index (χ0n) is 9.65. The van der Waals surface area contributed by atoms with Gasteiger partial charge < -0.3 is 15.5 Å². The van der Waals surface area contributed by atoms with Crippen LogP contribution in [0.4, 0.5) is 13.2 Å². The Kier molecular flexibility index (Phi) is 5.64. The van der Waals surface area contributed by atoms with Gasteiger partial charge in [0.25, 0.3) is 5.91 Å². The fraction of sp³-hybridized carbons (Fsp3) is 0.364. The summed E-state index contributed by atoms with van der Waals surface area (Å²) >= 11 is -0.268. The lowest BCUT2D eigenvalue weighted by molar-refractivity contribution is -0.0328. The Hall–Kier alpha value is -1.25. The molecule has 0 radical (unpaired) electrons. The molecule has 1 amide bonds. The zero-order chi connectivity index (χ0) is 14.5. The fourth-order valence-corrected chi connectivity index (χ4v) is 1.77. The van der Waals surface area contributed by atoms with E-state index in [0.717, 1.165) is 0 Å². The Balaban J connectivity index is 2.68. The lowest BCUT2D eigenvalue weighted by Crippen LogP contribution is -2.40. The molecule has 0 saturated heterocycles. The second-order valence-corrected chi connectivity index (χ2v) is 4.75. The molecule has 1 aromatic rings. The third-order valence-electron chi connectivity index (χ3n) is 2.13. The molecule has 4 nitrogen and oxygen atoms in total. The average molecular weight is 295 g/mol. The van der Waals surface area contributed by atoms with E-state index in [1.165, 1.54) is 24.3 Å². The lowest BCUT2D eigenvalue weighted by atomic mass is 10.2. The summed E-state index contributed by atoms with van der Waals surface area (Å²) < 4.78 is 36.3. The van der Waals surface area contributed by atoms with Gasteiger partial charge in [-0.1, -0.05) is 0 Å². The molecule has 1 aromatic carbocycles. The molecule has 0 unspecified atom stereocenters. The highest BCUT2D eigenvalue weighted by Crippen LogP contribution is 2.36. The van der Waals surface area contributed by atoms with Crippen LogP contribution in [-0.4, -0.2) is 40.9 Å². The number of benzene rings is 1. The summed E-state index contributed by atoms with van der Waals surface area (Å²) in [6, 6.07) is 4.06. The molecule has 8 heteroatoms. The number of amides is 1. The second-order valence-electron chi connectivity index (χ2n) is 3.61. The van der Waals surface area contributed by atoms with E-state index in [0.29, 0.717) is 0 Å².